The molecule has 0 aliphatic rings. The van der Waals surface area contributed by atoms with E-state index in [9.17, 15) is 4.79 Å². The molecule has 26 heavy (non-hydrogen) atoms. The molecule has 0 saturated carbocycles. The van der Waals surface area contributed by atoms with Gasteiger partial charge >= 0.3 is 0 Å². The van der Waals surface area contributed by atoms with Gasteiger partial charge in [0, 0.05) is 11.5 Å². The van der Waals surface area contributed by atoms with Crippen LogP contribution in [-0.4, -0.2) is 36.4 Å². The van der Waals surface area contributed by atoms with Gasteiger partial charge in [0.15, 0.2) is 5.78 Å². The fourth-order valence-corrected chi connectivity index (χ4v) is 3.88. The van der Waals surface area contributed by atoms with Gasteiger partial charge in [-0.1, -0.05) is 60.7 Å². The molecule has 0 radical (unpaired) electrons. The number of carbonyl (C=O) groups is 1. The van der Waals surface area contributed by atoms with Crippen molar-refractivity contribution >= 4 is 5.78 Å². The predicted molar refractivity (Wildman–Crippen MR) is 111 cm³/mol. The summed E-state index contributed by atoms with van der Waals surface area (Å²) >= 11 is 0. The van der Waals surface area contributed by atoms with Crippen molar-refractivity contribution in [3.8, 4) is 0 Å². The lowest BCUT2D eigenvalue weighted by Gasteiger charge is -2.36. The van der Waals surface area contributed by atoms with E-state index >= 15 is 0 Å². The lowest BCUT2D eigenvalue weighted by molar-refractivity contribution is -0.923. The van der Waals surface area contributed by atoms with Gasteiger partial charge in [0.2, 0.25) is 0 Å². The molecule has 0 saturated heterocycles. The summed E-state index contributed by atoms with van der Waals surface area (Å²) in [5.74, 6) is 0.212. The largest absolute Gasteiger partial charge is 0.324 e. The maximum Gasteiger partial charge on any atom is 0.170 e. The molecule has 0 fully saturated rings. The van der Waals surface area contributed by atoms with Crippen LogP contribution in [-0.2, 0) is 0 Å². The van der Waals surface area contributed by atoms with E-state index in [0.29, 0.717) is 0 Å². The monoisotopic (exact) mass is 352 g/mol. The van der Waals surface area contributed by atoms with Crippen LogP contribution < -0.4 is 0 Å². The van der Waals surface area contributed by atoms with Gasteiger partial charge < -0.3 is 4.48 Å². The van der Waals surface area contributed by atoms with Crippen molar-refractivity contribution in [3.63, 3.8) is 0 Å². The second-order valence-corrected chi connectivity index (χ2v) is 7.20. The quantitative estimate of drug-likeness (QED) is 0.288. The third-order valence-electron chi connectivity index (χ3n) is 5.96. The number of ketones is 1. The fourth-order valence-electron chi connectivity index (χ4n) is 3.88. The van der Waals surface area contributed by atoms with Crippen LogP contribution in [0.3, 0.4) is 0 Å². The van der Waals surface area contributed by atoms with Crippen LogP contribution in [0.25, 0.3) is 0 Å². The van der Waals surface area contributed by atoms with Crippen LogP contribution in [0.1, 0.15) is 61.9 Å². The molecule has 2 heteroatoms. The molecule has 2 rings (SSSR count). The lowest BCUT2D eigenvalue weighted by atomic mass is 9.86. The summed E-state index contributed by atoms with van der Waals surface area (Å²) in [6.45, 7) is 11.7. The first-order chi connectivity index (χ1) is 12.7. The molecule has 0 aliphatic heterocycles. The first-order valence-electron chi connectivity index (χ1n) is 10.1. The van der Waals surface area contributed by atoms with Gasteiger partial charge in [-0.3, -0.25) is 4.79 Å². The number of Topliss-reactive ketones (excluding diaryl/α,β-unsaturated/α-hetero) is 1. The summed E-state index contributed by atoms with van der Waals surface area (Å²) in [6, 6.07) is 20.0. The van der Waals surface area contributed by atoms with Crippen LogP contribution in [0, 0.1) is 0 Å². The highest BCUT2D eigenvalue weighted by Crippen LogP contribution is 2.27. The van der Waals surface area contributed by atoms with Gasteiger partial charge in [-0.15, -0.1) is 0 Å². The van der Waals surface area contributed by atoms with Gasteiger partial charge in [0.25, 0.3) is 0 Å². The van der Waals surface area contributed by atoms with Crippen molar-refractivity contribution in [3.05, 3.63) is 71.8 Å². The number of carbonyl (C=O) groups excluding carboxylic acids is 1. The molecule has 0 bridgehead atoms. The fraction of sp³-hybridized carbons (Fsp3) is 0.458. The highest BCUT2D eigenvalue weighted by molar-refractivity contribution is 6.00. The molecule has 0 N–H and O–H groups in total. The zero-order valence-electron chi connectivity index (χ0n) is 16.7. The number of quaternary nitrogens is 1. The Morgan fingerprint density at radius 1 is 0.808 bits per heavy atom. The zero-order chi connectivity index (χ0) is 18.8. The van der Waals surface area contributed by atoms with Crippen molar-refractivity contribution in [2.75, 3.05) is 26.2 Å². The van der Waals surface area contributed by atoms with E-state index in [1.807, 2.05) is 48.5 Å². The van der Waals surface area contributed by atoms with E-state index in [4.69, 9.17) is 0 Å². The molecule has 1 atom stereocenters. The Morgan fingerprint density at radius 2 is 1.35 bits per heavy atom. The summed E-state index contributed by atoms with van der Waals surface area (Å²) in [5, 5.41) is 0. The normalized spacial score (nSPS) is 12.7. The second kappa shape index (κ2) is 10.3. The maximum atomic E-state index is 13.1. The average molecular weight is 353 g/mol. The molecule has 0 aliphatic carbocycles. The van der Waals surface area contributed by atoms with E-state index in [0.717, 1.165) is 24.0 Å². The Morgan fingerprint density at radius 3 is 1.88 bits per heavy atom. The van der Waals surface area contributed by atoms with Crippen molar-refractivity contribution < 1.29 is 9.28 Å². The van der Waals surface area contributed by atoms with Crippen molar-refractivity contribution in [1.29, 1.82) is 0 Å². The number of hydrogen-bond donors (Lipinski definition) is 0. The van der Waals surface area contributed by atoms with E-state index < -0.39 is 0 Å². The Labute approximate surface area is 159 Å². The molecule has 2 aromatic rings. The highest BCUT2D eigenvalue weighted by Gasteiger charge is 2.23. The minimum absolute atomic E-state index is 0.0367. The Kier molecular flexibility index (Phi) is 8.06. The number of hydrogen-bond acceptors (Lipinski definition) is 1. The van der Waals surface area contributed by atoms with Crippen molar-refractivity contribution in [2.45, 2.75) is 46.0 Å². The van der Waals surface area contributed by atoms with Crippen LogP contribution in [0.5, 0.6) is 0 Å². The molecule has 0 heterocycles. The number of unbranched alkanes of at least 4 members (excludes halogenated alkanes) is 1. The van der Waals surface area contributed by atoms with E-state index in [-0.39, 0.29) is 11.7 Å². The minimum atomic E-state index is -0.0367. The molecule has 140 valence electrons. The topological polar surface area (TPSA) is 17.1 Å². The third-order valence-corrected chi connectivity index (χ3v) is 5.96. The number of rotatable bonds is 11. The van der Waals surface area contributed by atoms with Crippen LogP contribution in [0.4, 0.5) is 0 Å². The number of benzene rings is 2. The summed E-state index contributed by atoms with van der Waals surface area (Å²) < 4.78 is 1.18. The Hall–Kier alpha value is -1.93. The molecule has 2 aromatic carbocycles. The molecule has 0 aromatic heterocycles. The first-order valence-corrected chi connectivity index (χ1v) is 10.1. The van der Waals surface area contributed by atoms with Gasteiger partial charge in [-0.25, -0.2) is 0 Å². The van der Waals surface area contributed by atoms with Crippen LogP contribution in [0.15, 0.2) is 60.7 Å². The van der Waals surface area contributed by atoms with E-state index in [2.05, 4.69) is 32.9 Å². The summed E-state index contributed by atoms with van der Waals surface area (Å²) in [4.78, 5) is 13.1. The Bertz CT molecular complexity index is 638. The Balaban J connectivity index is 2.05. The van der Waals surface area contributed by atoms with Gasteiger partial charge in [0.1, 0.15) is 0 Å². The van der Waals surface area contributed by atoms with Gasteiger partial charge in [-0.05, 0) is 45.6 Å². The molecular weight excluding hydrogens is 318 g/mol. The summed E-state index contributed by atoms with van der Waals surface area (Å²) in [7, 11) is 0. The minimum Gasteiger partial charge on any atom is -0.324 e. The molecule has 0 amide bonds. The smallest absolute Gasteiger partial charge is 0.170 e. The third kappa shape index (κ3) is 5.28. The number of nitrogens with zero attached hydrogens (tertiary/aromatic N) is 1. The van der Waals surface area contributed by atoms with Crippen molar-refractivity contribution in [1.82, 2.24) is 0 Å². The molecule has 2 nitrogen and oxygen atoms in total. The van der Waals surface area contributed by atoms with Gasteiger partial charge in [0.05, 0.1) is 26.2 Å². The van der Waals surface area contributed by atoms with Gasteiger partial charge in [-0.2, -0.15) is 0 Å². The van der Waals surface area contributed by atoms with Crippen molar-refractivity contribution in [2.24, 2.45) is 0 Å². The summed E-state index contributed by atoms with van der Waals surface area (Å²) in [6.07, 6.45) is 3.20. The molecule has 1 unspecified atom stereocenters. The lowest BCUT2D eigenvalue weighted by Crippen LogP contribution is -2.48. The van der Waals surface area contributed by atoms with Crippen LogP contribution in [0.2, 0.25) is 0 Å². The maximum absolute atomic E-state index is 13.1. The second-order valence-electron chi connectivity index (χ2n) is 7.20. The van der Waals surface area contributed by atoms with E-state index in [1.54, 1.807) is 0 Å². The van der Waals surface area contributed by atoms with Crippen LogP contribution >= 0.6 is 0 Å². The predicted octanol–water partition coefficient (Wildman–Crippen LogP) is 5.70. The highest BCUT2D eigenvalue weighted by atomic mass is 16.1. The summed E-state index contributed by atoms with van der Waals surface area (Å²) in [5.41, 5.74) is 1.96. The average Bonchev–Trinajstić information content (AvgIpc) is 2.72. The SMILES string of the molecule is CC[N+](CC)(CC)CCCCC(C(=O)c1ccccc1)c1ccccc1. The standard InChI is InChI=1S/C24H34NO/c1-4-25(5-2,6-3)20-14-13-19-23(21-15-9-7-10-16-21)24(26)22-17-11-8-12-18-22/h7-12,15-18,23H,4-6,13-14,19-20H2,1-3H3/q+1. The van der Waals surface area contributed by atoms with E-state index in [1.165, 1.54) is 37.1 Å². The molecule has 0 spiro atoms. The first kappa shape index (κ1) is 20.4. The zero-order valence-corrected chi connectivity index (χ0v) is 16.7. The molecular formula is C24H34NO+.